The summed E-state index contributed by atoms with van der Waals surface area (Å²) in [5.41, 5.74) is 2.33. The number of benzene rings is 2. The van der Waals surface area contributed by atoms with E-state index in [-0.39, 0.29) is 6.10 Å². The maximum atomic E-state index is 10.2. The minimum Gasteiger partial charge on any atom is -0.493 e. The third-order valence-corrected chi connectivity index (χ3v) is 4.83. The van der Waals surface area contributed by atoms with Crippen LogP contribution < -0.4 is 9.47 Å². The Morgan fingerprint density at radius 1 is 0.958 bits per heavy atom. The van der Waals surface area contributed by atoms with Gasteiger partial charge in [-0.3, -0.25) is 0 Å². The molecular weight excluding hydrogens is 300 g/mol. The average Bonchev–Trinajstić information content (AvgIpc) is 2.63. The van der Waals surface area contributed by atoms with E-state index >= 15 is 0 Å². The van der Waals surface area contributed by atoms with E-state index in [4.69, 9.17) is 9.47 Å². The topological polar surface area (TPSA) is 38.7 Å². The van der Waals surface area contributed by atoms with Gasteiger partial charge in [-0.15, -0.1) is 0 Å². The summed E-state index contributed by atoms with van der Waals surface area (Å²) < 4.78 is 11.4. The molecule has 0 bridgehead atoms. The van der Waals surface area contributed by atoms with Gasteiger partial charge in [-0.1, -0.05) is 49.2 Å². The molecule has 0 saturated heterocycles. The fraction of sp³-hybridized carbons (Fsp3) is 0.429. The summed E-state index contributed by atoms with van der Waals surface area (Å²) in [4.78, 5) is 0. The Hall–Kier alpha value is -2.00. The molecule has 3 rings (SSSR count). The zero-order valence-electron chi connectivity index (χ0n) is 14.3. The van der Waals surface area contributed by atoms with Crippen molar-refractivity contribution in [3.63, 3.8) is 0 Å². The molecular formula is C21H26O3. The maximum absolute atomic E-state index is 10.2. The van der Waals surface area contributed by atoms with Gasteiger partial charge in [0, 0.05) is 0 Å². The maximum Gasteiger partial charge on any atom is 0.161 e. The predicted octanol–water partition coefficient (Wildman–Crippen LogP) is 4.37. The summed E-state index contributed by atoms with van der Waals surface area (Å²) in [6, 6.07) is 16.2. The molecule has 3 heteroatoms. The van der Waals surface area contributed by atoms with Crippen molar-refractivity contribution >= 4 is 0 Å². The van der Waals surface area contributed by atoms with Crippen LogP contribution in [-0.4, -0.2) is 18.3 Å². The summed E-state index contributed by atoms with van der Waals surface area (Å²) in [6.07, 6.45) is 5.12. The highest BCUT2D eigenvalue weighted by Gasteiger charge is 2.23. The number of hydrogen-bond donors (Lipinski definition) is 1. The quantitative estimate of drug-likeness (QED) is 0.857. The summed E-state index contributed by atoms with van der Waals surface area (Å²) in [5, 5.41) is 10.2. The molecule has 1 N–H and O–H groups in total. The van der Waals surface area contributed by atoms with Gasteiger partial charge in [0.15, 0.2) is 11.5 Å². The minimum absolute atomic E-state index is 0.172. The lowest BCUT2D eigenvalue weighted by molar-refractivity contribution is 0.0700. The van der Waals surface area contributed by atoms with Crippen LogP contribution in [0.3, 0.4) is 0 Å². The monoisotopic (exact) mass is 326 g/mol. The van der Waals surface area contributed by atoms with Crippen molar-refractivity contribution in [3.8, 4) is 11.5 Å². The SMILES string of the molecule is COc1ccc(CC2CCCCC2O)cc1OCc1ccccc1. The largest absolute Gasteiger partial charge is 0.493 e. The lowest BCUT2D eigenvalue weighted by Crippen LogP contribution is -2.26. The van der Waals surface area contributed by atoms with Crippen LogP contribution >= 0.6 is 0 Å². The molecule has 128 valence electrons. The van der Waals surface area contributed by atoms with Crippen molar-refractivity contribution in [3.05, 3.63) is 59.7 Å². The second-order valence-electron chi connectivity index (χ2n) is 6.58. The Morgan fingerprint density at radius 3 is 2.50 bits per heavy atom. The molecule has 24 heavy (non-hydrogen) atoms. The average molecular weight is 326 g/mol. The predicted molar refractivity (Wildman–Crippen MR) is 95.4 cm³/mol. The number of methoxy groups -OCH3 is 1. The summed E-state index contributed by atoms with van der Waals surface area (Å²) in [5.74, 6) is 1.87. The minimum atomic E-state index is -0.172. The Labute approximate surface area is 144 Å². The third-order valence-electron chi connectivity index (χ3n) is 4.83. The highest BCUT2D eigenvalue weighted by atomic mass is 16.5. The fourth-order valence-corrected chi connectivity index (χ4v) is 3.43. The summed E-state index contributed by atoms with van der Waals surface area (Å²) in [7, 11) is 1.66. The highest BCUT2D eigenvalue weighted by molar-refractivity contribution is 5.43. The van der Waals surface area contributed by atoms with Crippen molar-refractivity contribution in [2.45, 2.75) is 44.8 Å². The summed E-state index contributed by atoms with van der Waals surface area (Å²) in [6.45, 7) is 0.521. The molecule has 1 fully saturated rings. The van der Waals surface area contributed by atoms with Crippen LogP contribution in [0.1, 0.15) is 36.8 Å². The van der Waals surface area contributed by atoms with E-state index < -0.39 is 0 Å². The standard InChI is InChI=1S/C21H26O3/c1-23-20-12-11-17(13-18-9-5-6-10-19(18)22)14-21(20)24-15-16-7-3-2-4-8-16/h2-4,7-8,11-12,14,18-19,22H,5-6,9-10,13,15H2,1H3. The van der Waals surface area contributed by atoms with Crippen LogP contribution in [0.15, 0.2) is 48.5 Å². The van der Waals surface area contributed by atoms with Gasteiger partial charge in [0.25, 0.3) is 0 Å². The molecule has 2 aromatic carbocycles. The zero-order chi connectivity index (χ0) is 16.8. The van der Waals surface area contributed by atoms with E-state index in [1.54, 1.807) is 7.11 Å². The number of aliphatic hydroxyl groups is 1. The number of rotatable bonds is 6. The van der Waals surface area contributed by atoms with Gasteiger partial charge >= 0.3 is 0 Å². The normalized spacial score (nSPS) is 20.6. The lowest BCUT2D eigenvalue weighted by atomic mass is 9.82. The number of hydrogen-bond acceptors (Lipinski definition) is 3. The molecule has 0 aliphatic heterocycles. The molecule has 2 aromatic rings. The second kappa shape index (κ2) is 8.20. The highest BCUT2D eigenvalue weighted by Crippen LogP contribution is 2.32. The molecule has 3 nitrogen and oxygen atoms in total. The Bertz CT molecular complexity index is 639. The molecule has 0 radical (unpaired) electrons. The third kappa shape index (κ3) is 4.30. The van der Waals surface area contributed by atoms with Crippen LogP contribution in [0.4, 0.5) is 0 Å². The number of aliphatic hydroxyl groups excluding tert-OH is 1. The van der Waals surface area contributed by atoms with E-state index in [0.29, 0.717) is 12.5 Å². The molecule has 1 aliphatic rings. The van der Waals surface area contributed by atoms with Gasteiger partial charge in [-0.05, 0) is 48.4 Å². The van der Waals surface area contributed by atoms with Crippen LogP contribution in [0.25, 0.3) is 0 Å². The fourth-order valence-electron chi connectivity index (χ4n) is 3.43. The van der Waals surface area contributed by atoms with E-state index in [1.165, 1.54) is 12.0 Å². The molecule has 0 amide bonds. The van der Waals surface area contributed by atoms with E-state index in [9.17, 15) is 5.11 Å². The van der Waals surface area contributed by atoms with Crippen LogP contribution in [0.5, 0.6) is 11.5 Å². The molecule has 0 aromatic heterocycles. The molecule has 1 saturated carbocycles. The van der Waals surface area contributed by atoms with Gasteiger partial charge < -0.3 is 14.6 Å². The van der Waals surface area contributed by atoms with Crippen molar-refractivity contribution in [1.82, 2.24) is 0 Å². The van der Waals surface area contributed by atoms with Crippen LogP contribution in [0.2, 0.25) is 0 Å². The van der Waals surface area contributed by atoms with Crippen molar-refractivity contribution < 1.29 is 14.6 Å². The zero-order valence-corrected chi connectivity index (χ0v) is 14.3. The Morgan fingerprint density at radius 2 is 1.75 bits per heavy atom. The van der Waals surface area contributed by atoms with Gasteiger partial charge in [-0.2, -0.15) is 0 Å². The Kier molecular flexibility index (Phi) is 5.76. The molecule has 2 unspecified atom stereocenters. The van der Waals surface area contributed by atoms with E-state index in [2.05, 4.69) is 24.3 Å². The second-order valence-corrected chi connectivity index (χ2v) is 6.58. The Balaban J connectivity index is 1.70. The van der Waals surface area contributed by atoms with E-state index in [0.717, 1.165) is 42.7 Å². The van der Waals surface area contributed by atoms with Crippen LogP contribution in [0, 0.1) is 5.92 Å². The van der Waals surface area contributed by atoms with Crippen LogP contribution in [-0.2, 0) is 13.0 Å². The first-order valence-electron chi connectivity index (χ1n) is 8.78. The first-order valence-corrected chi connectivity index (χ1v) is 8.78. The molecule has 0 spiro atoms. The summed E-state index contributed by atoms with van der Waals surface area (Å²) >= 11 is 0. The van der Waals surface area contributed by atoms with Crippen molar-refractivity contribution in [2.75, 3.05) is 7.11 Å². The number of ether oxygens (including phenoxy) is 2. The molecule has 0 heterocycles. The van der Waals surface area contributed by atoms with Crippen molar-refractivity contribution in [2.24, 2.45) is 5.92 Å². The van der Waals surface area contributed by atoms with Gasteiger partial charge in [0.2, 0.25) is 0 Å². The van der Waals surface area contributed by atoms with Gasteiger partial charge in [-0.25, -0.2) is 0 Å². The van der Waals surface area contributed by atoms with E-state index in [1.807, 2.05) is 24.3 Å². The lowest BCUT2D eigenvalue weighted by Gasteiger charge is -2.27. The first kappa shape index (κ1) is 16.8. The molecule has 1 aliphatic carbocycles. The van der Waals surface area contributed by atoms with Crippen molar-refractivity contribution in [1.29, 1.82) is 0 Å². The first-order chi connectivity index (χ1) is 11.8. The smallest absolute Gasteiger partial charge is 0.161 e. The molecule has 2 atom stereocenters. The van der Waals surface area contributed by atoms with Gasteiger partial charge in [0.1, 0.15) is 6.61 Å². The van der Waals surface area contributed by atoms with Gasteiger partial charge in [0.05, 0.1) is 13.2 Å².